The number of hydrogen-bond donors (Lipinski definition) is 0. The van der Waals surface area contributed by atoms with E-state index in [9.17, 15) is 8.42 Å². The van der Waals surface area contributed by atoms with Crippen LogP contribution in [0.4, 0.5) is 0 Å². The molecule has 108 valence electrons. The molecule has 0 aromatic heterocycles. The monoisotopic (exact) mass is 339 g/mol. The first-order valence-corrected chi connectivity index (χ1v) is 9.55. The van der Waals surface area contributed by atoms with Gasteiger partial charge in [-0.1, -0.05) is 43.1 Å². The largest absolute Gasteiger partial charge is 0.214 e. The minimum atomic E-state index is -3.08. The van der Waals surface area contributed by atoms with E-state index in [1.54, 1.807) is 4.31 Å². The van der Waals surface area contributed by atoms with Crippen molar-refractivity contribution >= 4 is 26.0 Å². The van der Waals surface area contributed by atoms with E-state index in [-0.39, 0.29) is 17.2 Å². The quantitative estimate of drug-likeness (QED) is 0.666. The van der Waals surface area contributed by atoms with Gasteiger partial charge in [0.2, 0.25) is 10.0 Å². The Bertz CT molecular complexity index is 344. The van der Waals surface area contributed by atoms with Crippen molar-refractivity contribution in [2.75, 3.05) is 17.6 Å². The van der Waals surface area contributed by atoms with Crippen LogP contribution in [0.3, 0.4) is 0 Å². The topological polar surface area (TPSA) is 37.4 Å². The number of alkyl halides is 1. The van der Waals surface area contributed by atoms with Gasteiger partial charge in [-0.05, 0) is 31.1 Å². The van der Waals surface area contributed by atoms with Crippen LogP contribution < -0.4 is 0 Å². The smallest absolute Gasteiger partial charge is 0.212 e. The van der Waals surface area contributed by atoms with Gasteiger partial charge in [0.25, 0.3) is 0 Å². The summed E-state index contributed by atoms with van der Waals surface area (Å²) in [6.07, 6.45) is 4.87. The highest BCUT2D eigenvalue weighted by Gasteiger charge is 2.33. The molecule has 1 rings (SSSR count). The van der Waals surface area contributed by atoms with Gasteiger partial charge in [0, 0.05) is 17.9 Å². The van der Waals surface area contributed by atoms with Gasteiger partial charge in [-0.25, -0.2) is 8.42 Å². The summed E-state index contributed by atoms with van der Waals surface area (Å²) in [4.78, 5) is 0. The molecule has 0 heterocycles. The van der Waals surface area contributed by atoms with E-state index < -0.39 is 10.0 Å². The van der Waals surface area contributed by atoms with Crippen LogP contribution in [0.2, 0.25) is 0 Å². The van der Waals surface area contributed by atoms with Gasteiger partial charge in [0.1, 0.15) is 0 Å². The maximum atomic E-state index is 12.4. The summed E-state index contributed by atoms with van der Waals surface area (Å²) < 4.78 is 26.6. The number of rotatable bonds is 7. The Labute approximate surface area is 121 Å². The molecule has 0 saturated heterocycles. The van der Waals surface area contributed by atoms with Gasteiger partial charge in [0.15, 0.2) is 0 Å². The van der Waals surface area contributed by atoms with E-state index >= 15 is 0 Å². The fraction of sp³-hybridized carbons (Fsp3) is 1.00. The van der Waals surface area contributed by atoms with Gasteiger partial charge in [-0.3, -0.25) is 0 Å². The lowest BCUT2D eigenvalue weighted by Crippen LogP contribution is -2.46. The molecule has 0 aliphatic heterocycles. The molecule has 1 fully saturated rings. The molecule has 3 nitrogen and oxygen atoms in total. The molecule has 0 atom stereocenters. The summed E-state index contributed by atoms with van der Waals surface area (Å²) in [6, 6.07) is 0.272. The Morgan fingerprint density at radius 3 is 2.28 bits per heavy atom. The zero-order chi connectivity index (χ0) is 13.8. The van der Waals surface area contributed by atoms with Crippen LogP contribution in [0.5, 0.6) is 0 Å². The zero-order valence-corrected chi connectivity index (χ0v) is 14.2. The van der Waals surface area contributed by atoms with Crippen LogP contribution in [-0.2, 0) is 10.0 Å². The Morgan fingerprint density at radius 2 is 1.89 bits per heavy atom. The number of nitrogens with zero attached hydrogens (tertiary/aromatic N) is 1. The highest BCUT2D eigenvalue weighted by molar-refractivity contribution is 9.09. The maximum Gasteiger partial charge on any atom is 0.214 e. The average molecular weight is 340 g/mol. The minimum absolute atomic E-state index is 0.0772. The molecule has 0 N–H and O–H groups in total. The highest BCUT2D eigenvalue weighted by atomic mass is 79.9. The third-order valence-corrected chi connectivity index (χ3v) is 5.94. The van der Waals surface area contributed by atoms with Crippen molar-refractivity contribution in [2.45, 2.75) is 58.9 Å². The van der Waals surface area contributed by atoms with Crippen LogP contribution in [-0.4, -0.2) is 36.4 Å². The first-order valence-electron chi connectivity index (χ1n) is 6.82. The molecule has 0 aromatic carbocycles. The van der Waals surface area contributed by atoms with Gasteiger partial charge >= 0.3 is 0 Å². The van der Waals surface area contributed by atoms with Gasteiger partial charge in [0.05, 0.1) is 5.75 Å². The molecule has 0 aromatic rings. The summed E-state index contributed by atoms with van der Waals surface area (Å²) in [7, 11) is -3.08. The summed E-state index contributed by atoms with van der Waals surface area (Å²) in [6.45, 7) is 6.94. The summed E-state index contributed by atoms with van der Waals surface area (Å²) in [5.74, 6) is 0.287. The lowest BCUT2D eigenvalue weighted by molar-refractivity contribution is 0.219. The summed E-state index contributed by atoms with van der Waals surface area (Å²) >= 11 is 3.38. The van der Waals surface area contributed by atoms with E-state index in [1.165, 1.54) is 6.42 Å². The fourth-order valence-electron chi connectivity index (χ4n) is 1.99. The summed E-state index contributed by atoms with van der Waals surface area (Å²) in [5.41, 5.74) is 0.0772. The maximum absolute atomic E-state index is 12.4. The molecular weight excluding hydrogens is 314 g/mol. The van der Waals surface area contributed by atoms with E-state index in [0.29, 0.717) is 6.54 Å². The molecule has 1 saturated carbocycles. The lowest BCUT2D eigenvalue weighted by Gasteiger charge is -2.37. The van der Waals surface area contributed by atoms with Gasteiger partial charge < -0.3 is 0 Å². The second-order valence-corrected chi connectivity index (χ2v) is 9.20. The normalized spacial score (nSPS) is 18.1. The van der Waals surface area contributed by atoms with Crippen LogP contribution in [0.1, 0.15) is 52.9 Å². The van der Waals surface area contributed by atoms with Crippen LogP contribution in [0.25, 0.3) is 0 Å². The molecule has 1 aliphatic carbocycles. The highest BCUT2D eigenvalue weighted by Crippen LogP contribution is 2.29. The van der Waals surface area contributed by atoms with Gasteiger partial charge in [-0.2, -0.15) is 4.31 Å². The Balaban J connectivity index is 2.63. The third-order valence-electron chi connectivity index (χ3n) is 3.46. The molecule has 1 aliphatic rings. The van der Waals surface area contributed by atoms with Crippen molar-refractivity contribution < 1.29 is 8.42 Å². The number of sulfonamides is 1. The standard InChI is InChI=1S/C13H26BrNO2S/c1-13(2,3)8-11-18(16,17)15(10-5-9-14)12-6-4-7-12/h12H,4-11H2,1-3H3. The van der Waals surface area contributed by atoms with Crippen molar-refractivity contribution in [3.63, 3.8) is 0 Å². The molecular formula is C13H26BrNO2S. The van der Waals surface area contributed by atoms with Crippen LogP contribution in [0, 0.1) is 5.41 Å². The first-order chi connectivity index (χ1) is 8.26. The molecule has 0 spiro atoms. The second kappa shape index (κ2) is 6.71. The Hall–Kier alpha value is 0.390. The van der Waals surface area contributed by atoms with Gasteiger partial charge in [-0.15, -0.1) is 0 Å². The Morgan fingerprint density at radius 1 is 1.28 bits per heavy atom. The average Bonchev–Trinajstić information content (AvgIpc) is 2.17. The Kier molecular flexibility index (Phi) is 6.13. The molecule has 18 heavy (non-hydrogen) atoms. The number of halogens is 1. The molecule has 0 unspecified atom stereocenters. The third kappa shape index (κ3) is 5.17. The van der Waals surface area contributed by atoms with Crippen molar-refractivity contribution in [3.8, 4) is 0 Å². The predicted octanol–water partition coefficient (Wildman–Crippen LogP) is 3.39. The van der Waals surface area contributed by atoms with Crippen molar-refractivity contribution in [2.24, 2.45) is 5.41 Å². The minimum Gasteiger partial charge on any atom is -0.212 e. The van der Waals surface area contributed by atoms with E-state index in [2.05, 4.69) is 36.7 Å². The van der Waals surface area contributed by atoms with Crippen LogP contribution >= 0.6 is 15.9 Å². The molecule has 0 bridgehead atoms. The molecule has 0 amide bonds. The first kappa shape index (κ1) is 16.4. The lowest BCUT2D eigenvalue weighted by atomic mass is 9.93. The van der Waals surface area contributed by atoms with E-state index in [4.69, 9.17) is 0 Å². The fourth-order valence-corrected chi connectivity index (χ4v) is 4.42. The summed E-state index contributed by atoms with van der Waals surface area (Å²) in [5, 5.41) is 0.866. The molecule has 5 heteroatoms. The number of hydrogen-bond acceptors (Lipinski definition) is 2. The van der Waals surface area contributed by atoms with Crippen LogP contribution in [0.15, 0.2) is 0 Å². The molecule has 0 radical (unpaired) electrons. The van der Waals surface area contributed by atoms with Crippen molar-refractivity contribution in [3.05, 3.63) is 0 Å². The van der Waals surface area contributed by atoms with Crippen molar-refractivity contribution in [1.29, 1.82) is 0 Å². The predicted molar refractivity (Wildman–Crippen MR) is 80.6 cm³/mol. The SMILES string of the molecule is CC(C)(C)CCS(=O)(=O)N(CCCBr)C1CCC1. The van der Waals surface area contributed by atoms with Crippen molar-refractivity contribution in [1.82, 2.24) is 4.31 Å². The zero-order valence-electron chi connectivity index (χ0n) is 11.8. The van der Waals surface area contributed by atoms with E-state index in [1.807, 2.05) is 0 Å². The van der Waals surface area contributed by atoms with E-state index in [0.717, 1.165) is 31.0 Å². The second-order valence-electron chi connectivity index (χ2n) is 6.36.